The van der Waals surface area contributed by atoms with E-state index in [4.69, 9.17) is 20.5 Å². The van der Waals surface area contributed by atoms with Crippen LogP contribution in [0.1, 0.15) is 16.8 Å². The van der Waals surface area contributed by atoms with Crippen molar-refractivity contribution in [1.82, 2.24) is 4.98 Å². The summed E-state index contributed by atoms with van der Waals surface area (Å²) < 4.78 is 11.0. The smallest absolute Gasteiger partial charge is 0.161 e. The number of nitrogens with two attached hydrogens (primary N) is 1. The Balaban J connectivity index is 2.15. The van der Waals surface area contributed by atoms with Gasteiger partial charge in [0.15, 0.2) is 11.5 Å². The molecule has 0 saturated carbocycles. The third-order valence-electron chi connectivity index (χ3n) is 2.80. The van der Waals surface area contributed by atoms with Gasteiger partial charge in [-0.3, -0.25) is 0 Å². The van der Waals surface area contributed by atoms with E-state index >= 15 is 0 Å². The molecule has 0 aliphatic rings. The molecule has 2 N–H and O–H groups in total. The molecule has 0 atom stereocenters. The highest BCUT2D eigenvalue weighted by molar-refractivity contribution is 5.43. The lowest BCUT2D eigenvalue weighted by atomic mass is 10.2. The number of methoxy groups -OCH3 is 1. The summed E-state index contributed by atoms with van der Waals surface area (Å²) in [6.07, 6.45) is 1.59. The highest BCUT2D eigenvalue weighted by atomic mass is 16.5. The van der Waals surface area contributed by atoms with E-state index in [0.717, 1.165) is 11.1 Å². The van der Waals surface area contributed by atoms with Crippen LogP contribution in [-0.2, 0) is 13.2 Å². The van der Waals surface area contributed by atoms with Crippen molar-refractivity contribution < 1.29 is 9.47 Å². The Morgan fingerprint density at radius 1 is 1.20 bits per heavy atom. The Morgan fingerprint density at radius 3 is 2.75 bits per heavy atom. The number of ether oxygens (including phenoxy) is 2. The Hall–Kier alpha value is -2.58. The van der Waals surface area contributed by atoms with Crippen molar-refractivity contribution >= 4 is 0 Å². The highest BCUT2D eigenvalue weighted by Gasteiger charge is 2.06. The number of benzene rings is 1. The predicted octanol–water partition coefficient (Wildman–Crippen LogP) is 2.00. The molecule has 0 saturated heterocycles. The van der Waals surface area contributed by atoms with Crippen LogP contribution in [-0.4, -0.2) is 12.1 Å². The predicted molar refractivity (Wildman–Crippen MR) is 74.2 cm³/mol. The standard InChI is InChI=1S/C15H15N3O2/c1-19-14-3-2-11(8-16)7-15(14)20-10-12-4-5-18-13(6-12)9-17/h2-7H,8,10,16H2,1H3. The molecule has 0 fully saturated rings. The first-order valence-electron chi connectivity index (χ1n) is 6.11. The molecule has 2 rings (SSSR count). The minimum absolute atomic E-state index is 0.335. The average Bonchev–Trinajstić information content (AvgIpc) is 2.52. The number of nitriles is 1. The van der Waals surface area contributed by atoms with E-state index in [0.29, 0.717) is 30.3 Å². The number of nitrogens with zero attached hydrogens (tertiary/aromatic N) is 2. The summed E-state index contributed by atoms with van der Waals surface area (Å²) in [5, 5.41) is 8.81. The molecule has 1 aromatic heterocycles. The molecule has 0 radical (unpaired) electrons. The Bertz CT molecular complexity index is 635. The second-order valence-corrected chi connectivity index (χ2v) is 4.14. The van der Waals surface area contributed by atoms with E-state index in [2.05, 4.69) is 4.98 Å². The van der Waals surface area contributed by atoms with Gasteiger partial charge in [0.2, 0.25) is 0 Å². The first kappa shape index (κ1) is 13.8. The summed E-state index contributed by atoms with van der Waals surface area (Å²) in [6, 6.07) is 11.1. The number of hydrogen-bond donors (Lipinski definition) is 1. The summed E-state index contributed by atoms with van der Waals surface area (Å²) in [6.45, 7) is 0.774. The van der Waals surface area contributed by atoms with Crippen LogP contribution in [0.3, 0.4) is 0 Å². The first-order chi connectivity index (χ1) is 9.76. The molecule has 5 heteroatoms. The SMILES string of the molecule is COc1ccc(CN)cc1OCc1ccnc(C#N)c1. The van der Waals surface area contributed by atoms with Gasteiger partial charge in [-0.15, -0.1) is 0 Å². The van der Waals surface area contributed by atoms with Gasteiger partial charge in [0.1, 0.15) is 18.4 Å². The van der Waals surface area contributed by atoms with Crippen LogP contribution in [0.15, 0.2) is 36.5 Å². The highest BCUT2D eigenvalue weighted by Crippen LogP contribution is 2.28. The first-order valence-corrected chi connectivity index (χ1v) is 6.11. The molecular formula is C15H15N3O2. The van der Waals surface area contributed by atoms with Gasteiger partial charge < -0.3 is 15.2 Å². The number of pyridine rings is 1. The third kappa shape index (κ3) is 3.25. The van der Waals surface area contributed by atoms with E-state index in [9.17, 15) is 0 Å². The molecule has 0 bridgehead atoms. The van der Waals surface area contributed by atoms with Gasteiger partial charge in [-0.2, -0.15) is 5.26 Å². The van der Waals surface area contributed by atoms with Crippen molar-refractivity contribution in [2.45, 2.75) is 13.2 Å². The fourth-order valence-electron chi connectivity index (χ4n) is 1.75. The lowest BCUT2D eigenvalue weighted by Gasteiger charge is -2.12. The quantitative estimate of drug-likeness (QED) is 0.897. The summed E-state index contributed by atoms with van der Waals surface area (Å²) in [7, 11) is 1.59. The fraction of sp³-hybridized carbons (Fsp3) is 0.200. The van der Waals surface area contributed by atoms with Crippen molar-refractivity contribution in [3.63, 3.8) is 0 Å². The maximum atomic E-state index is 8.81. The molecule has 1 aromatic carbocycles. The average molecular weight is 269 g/mol. The molecule has 2 aromatic rings. The van der Waals surface area contributed by atoms with Crippen molar-refractivity contribution in [3.8, 4) is 17.6 Å². The zero-order chi connectivity index (χ0) is 14.4. The molecule has 0 unspecified atom stereocenters. The maximum Gasteiger partial charge on any atom is 0.161 e. The van der Waals surface area contributed by atoms with E-state index in [1.165, 1.54) is 0 Å². The van der Waals surface area contributed by atoms with Crippen LogP contribution in [0.25, 0.3) is 0 Å². The zero-order valence-electron chi connectivity index (χ0n) is 11.2. The summed E-state index contributed by atoms with van der Waals surface area (Å²) in [5.74, 6) is 1.28. The molecule has 0 aliphatic carbocycles. The number of aromatic nitrogens is 1. The summed E-state index contributed by atoms with van der Waals surface area (Å²) >= 11 is 0. The molecule has 20 heavy (non-hydrogen) atoms. The topological polar surface area (TPSA) is 81.2 Å². The summed E-state index contributed by atoms with van der Waals surface area (Å²) in [4.78, 5) is 3.92. The van der Waals surface area contributed by atoms with Crippen LogP contribution in [0, 0.1) is 11.3 Å². The normalized spacial score (nSPS) is 9.85. The Kier molecular flexibility index (Phi) is 4.53. The van der Waals surface area contributed by atoms with Gasteiger partial charge in [-0.1, -0.05) is 6.07 Å². The monoisotopic (exact) mass is 269 g/mol. The Labute approximate surface area is 117 Å². The minimum atomic E-state index is 0.335. The van der Waals surface area contributed by atoms with Crippen molar-refractivity contribution in [2.75, 3.05) is 7.11 Å². The third-order valence-corrected chi connectivity index (χ3v) is 2.80. The molecule has 1 heterocycles. The fourth-order valence-corrected chi connectivity index (χ4v) is 1.75. The molecular weight excluding hydrogens is 254 g/mol. The van der Waals surface area contributed by atoms with Gasteiger partial charge in [0.05, 0.1) is 7.11 Å². The number of hydrogen-bond acceptors (Lipinski definition) is 5. The van der Waals surface area contributed by atoms with Crippen molar-refractivity contribution in [1.29, 1.82) is 5.26 Å². The van der Waals surface area contributed by atoms with E-state index in [-0.39, 0.29) is 0 Å². The lowest BCUT2D eigenvalue weighted by Crippen LogP contribution is -2.01. The maximum absolute atomic E-state index is 8.81. The van der Waals surface area contributed by atoms with E-state index in [1.54, 1.807) is 25.4 Å². The molecule has 5 nitrogen and oxygen atoms in total. The van der Waals surface area contributed by atoms with Gasteiger partial charge in [-0.05, 0) is 35.4 Å². The van der Waals surface area contributed by atoms with Crippen LogP contribution in [0.4, 0.5) is 0 Å². The van der Waals surface area contributed by atoms with E-state index < -0.39 is 0 Å². The van der Waals surface area contributed by atoms with Crippen molar-refractivity contribution in [2.24, 2.45) is 5.73 Å². The lowest BCUT2D eigenvalue weighted by molar-refractivity contribution is 0.284. The second kappa shape index (κ2) is 6.55. The van der Waals surface area contributed by atoms with Crippen LogP contribution >= 0.6 is 0 Å². The van der Waals surface area contributed by atoms with Crippen LogP contribution in [0.5, 0.6) is 11.5 Å². The van der Waals surface area contributed by atoms with Gasteiger partial charge in [0.25, 0.3) is 0 Å². The number of rotatable bonds is 5. The second-order valence-electron chi connectivity index (χ2n) is 4.14. The molecule has 0 aliphatic heterocycles. The molecule has 0 amide bonds. The van der Waals surface area contributed by atoms with Crippen molar-refractivity contribution in [3.05, 3.63) is 53.3 Å². The van der Waals surface area contributed by atoms with E-state index in [1.807, 2.05) is 24.3 Å². The zero-order valence-corrected chi connectivity index (χ0v) is 11.2. The Morgan fingerprint density at radius 2 is 2.05 bits per heavy atom. The summed E-state index contributed by atoms with van der Waals surface area (Å²) in [5.41, 5.74) is 7.82. The van der Waals surface area contributed by atoms with Gasteiger partial charge >= 0.3 is 0 Å². The molecule has 0 spiro atoms. The van der Waals surface area contributed by atoms with Gasteiger partial charge in [-0.25, -0.2) is 4.98 Å². The minimum Gasteiger partial charge on any atom is -0.493 e. The van der Waals surface area contributed by atoms with Crippen LogP contribution in [0.2, 0.25) is 0 Å². The largest absolute Gasteiger partial charge is 0.493 e. The van der Waals surface area contributed by atoms with Crippen LogP contribution < -0.4 is 15.2 Å². The van der Waals surface area contributed by atoms with Gasteiger partial charge in [0, 0.05) is 12.7 Å². The molecule has 102 valence electrons.